The van der Waals surface area contributed by atoms with Crippen molar-refractivity contribution in [2.24, 2.45) is 7.05 Å². The number of hydrogen-bond donors (Lipinski definition) is 1. The molecule has 2 rings (SSSR count). The van der Waals surface area contributed by atoms with E-state index in [4.69, 9.17) is 5.73 Å². The molecule has 0 atom stereocenters. The number of alkyl halides is 9. The van der Waals surface area contributed by atoms with Crippen molar-refractivity contribution in [3.63, 3.8) is 0 Å². The van der Waals surface area contributed by atoms with Gasteiger partial charge in [-0.05, 0) is 12.1 Å². The van der Waals surface area contributed by atoms with Gasteiger partial charge >= 0.3 is 18.5 Å². The van der Waals surface area contributed by atoms with Crippen molar-refractivity contribution in [3.05, 3.63) is 43.8 Å². The van der Waals surface area contributed by atoms with Crippen LogP contribution >= 0.6 is 15.9 Å². The van der Waals surface area contributed by atoms with Crippen LogP contribution in [0.25, 0.3) is 11.4 Å². The number of nitrogens with zero attached hydrogens (tertiary/aromatic N) is 2. The molecule has 1 aromatic heterocycles. The molecule has 2 N–H and O–H groups in total. The van der Waals surface area contributed by atoms with Gasteiger partial charge < -0.3 is 5.73 Å². The monoisotopic (exact) mass is 483 g/mol. The van der Waals surface area contributed by atoms with Gasteiger partial charge in [0.05, 0.1) is 11.1 Å². The predicted octanol–water partition coefficient (Wildman–Crippen LogP) is 4.85. The summed E-state index contributed by atoms with van der Waals surface area (Å²) >= 11 is 2.36. The lowest BCUT2D eigenvalue weighted by Crippen LogP contribution is -2.29. The van der Waals surface area contributed by atoms with Crippen LogP contribution in [0.2, 0.25) is 0 Å². The van der Waals surface area contributed by atoms with Gasteiger partial charge in [-0.15, -0.1) is 0 Å². The Balaban J connectivity index is 3.02. The average Bonchev–Trinajstić information content (AvgIpc) is 2.49. The number of nitrogen functional groups attached to an aromatic ring is 1. The molecule has 0 aliphatic rings. The van der Waals surface area contributed by atoms with E-state index in [1.807, 2.05) is 0 Å². The van der Waals surface area contributed by atoms with Gasteiger partial charge in [0.25, 0.3) is 5.56 Å². The fourth-order valence-corrected chi connectivity index (χ4v) is 2.85. The largest absolute Gasteiger partial charge is 0.435 e. The number of hydrogen-bond acceptors (Lipinski definition) is 3. The van der Waals surface area contributed by atoms with Gasteiger partial charge in [-0.3, -0.25) is 9.36 Å². The van der Waals surface area contributed by atoms with E-state index in [-0.39, 0.29) is 16.7 Å². The summed E-state index contributed by atoms with van der Waals surface area (Å²) in [6, 6.07) is 0.0129. The summed E-state index contributed by atoms with van der Waals surface area (Å²) in [5, 5.41) is 0. The quantitative estimate of drug-likeness (QED) is 0.590. The maximum atomic E-state index is 13.3. The van der Waals surface area contributed by atoms with Crippen LogP contribution in [0.15, 0.2) is 21.4 Å². The Bertz CT molecular complexity index is 990. The number of benzene rings is 1. The molecule has 1 heterocycles. The topological polar surface area (TPSA) is 60.9 Å². The molecule has 28 heavy (non-hydrogen) atoms. The third-order valence-electron chi connectivity index (χ3n) is 3.55. The van der Waals surface area contributed by atoms with E-state index in [9.17, 15) is 44.3 Å². The van der Waals surface area contributed by atoms with Gasteiger partial charge in [-0.2, -0.15) is 39.5 Å². The first kappa shape index (κ1) is 22.0. The van der Waals surface area contributed by atoms with Gasteiger partial charge in [-0.25, -0.2) is 4.98 Å². The molecule has 1 aromatic carbocycles. The van der Waals surface area contributed by atoms with Crippen LogP contribution in [-0.2, 0) is 25.6 Å². The SMILES string of the molecule is Cn1c(-c2cc(C(F)(F)F)c(Br)cc2C(F)(F)F)nc(C(F)(F)F)c(N)c1=O. The number of anilines is 1. The number of aromatic nitrogens is 2. The van der Waals surface area contributed by atoms with Crippen LogP contribution in [0.1, 0.15) is 16.8 Å². The zero-order chi connectivity index (χ0) is 21.8. The Hall–Kier alpha value is -2.25. The van der Waals surface area contributed by atoms with Gasteiger partial charge in [0.1, 0.15) is 11.5 Å². The molecule has 4 nitrogen and oxygen atoms in total. The molecule has 0 unspecified atom stereocenters. The Morgan fingerprint density at radius 3 is 1.86 bits per heavy atom. The van der Waals surface area contributed by atoms with Gasteiger partial charge in [0.2, 0.25) is 0 Å². The molecule has 0 bridgehead atoms. The molecule has 14 heteroatoms. The highest BCUT2D eigenvalue weighted by Gasteiger charge is 2.42. The predicted molar refractivity (Wildman–Crippen MR) is 82.0 cm³/mol. The Kier molecular flexibility index (Phi) is 5.25. The first-order valence-electron chi connectivity index (χ1n) is 6.88. The minimum atomic E-state index is -5.33. The molecule has 0 fully saturated rings. The zero-order valence-electron chi connectivity index (χ0n) is 13.3. The number of rotatable bonds is 1. The smallest absolute Gasteiger partial charge is 0.392 e. The van der Waals surface area contributed by atoms with E-state index in [2.05, 4.69) is 20.9 Å². The van der Waals surface area contributed by atoms with Crippen molar-refractivity contribution in [3.8, 4) is 11.4 Å². The molecule has 154 valence electrons. The second-order valence-corrected chi connectivity index (χ2v) is 6.29. The van der Waals surface area contributed by atoms with Crippen molar-refractivity contribution >= 4 is 21.6 Å². The summed E-state index contributed by atoms with van der Waals surface area (Å²) in [7, 11) is 0.733. The van der Waals surface area contributed by atoms with E-state index in [0.717, 1.165) is 7.05 Å². The molecule has 0 aliphatic heterocycles. The molecule has 0 spiro atoms. The van der Waals surface area contributed by atoms with E-state index in [0.29, 0.717) is 0 Å². The summed E-state index contributed by atoms with van der Waals surface area (Å²) in [5.41, 5.74) is -4.63. The highest BCUT2D eigenvalue weighted by Crippen LogP contribution is 2.44. The molecule has 0 saturated heterocycles. The number of nitrogens with two attached hydrogens (primary N) is 1. The Morgan fingerprint density at radius 1 is 0.929 bits per heavy atom. The normalized spacial score (nSPS) is 13.1. The summed E-state index contributed by atoms with van der Waals surface area (Å²) in [4.78, 5) is 14.9. The van der Waals surface area contributed by atoms with Crippen molar-refractivity contribution in [1.29, 1.82) is 0 Å². The van der Waals surface area contributed by atoms with Crippen molar-refractivity contribution in [1.82, 2.24) is 9.55 Å². The van der Waals surface area contributed by atoms with Gasteiger partial charge in [0, 0.05) is 17.1 Å². The lowest BCUT2D eigenvalue weighted by Gasteiger charge is -2.20. The lowest BCUT2D eigenvalue weighted by molar-refractivity contribution is -0.141. The molecule has 0 radical (unpaired) electrons. The fraction of sp³-hybridized carbons (Fsp3) is 0.286. The minimum absolute atomic E-state index is 0.0367. The minimum Gasteiger partial charge on any atom is -0.392 e. The second-order valence-electron chi connectivity index (χ2n) is 5.43. The van der Waals surface area contributed by atoms with Crippen molar-refractivity contribution in [2.75, 3.05) is 5.73 Å². The van der Waals surface area contributed by atoms with Crippen LogP contribution in [0.4, 0.5) is 45.2 Å². The molecule has 2 aromatic rings. The van der Waals surface area contributed by atoms with Crippen molar-refractivity contribution < 1.29 is 39.5 Å². The van der Waals surface area contributed by atoms with Crippen LogP contribution in [-0.4, -0.2) is 9.55 Å². The van der Waals surface area contributed by atoms with Crippen LogP contribution < -0.4 is 11.3 Å². The van der Waals surface area contributed by atoms with E-state index in [1.165, 1.54) is 0 Å². The Labute approximate surface area is 157 Å². The fourth-order valence-electron chi connectivity index (χ4n) is 2.29. The molecule has 0 aliphatic carbocycles. The summed E-state index contributed by atoms with van der Waals surface area (Å²) in [6.45, 7) is 0. The second kappa shape index (κ2) is 6.67. The highest BCUT2D eigenvalue weighted by atomic mass is 79.9. The van der Waals surface area contributed by atoms with E-state index >= 15 is 0 Å². The van der Waals surface area contributed by atoms with E-state index < -0.39 is 62.5 Å². The standard InChI is InChI=1S/C14H7BrF9N3O/c1-27-10(26-9(14(22,23)24)8(25)11(27)28)4-2-6(13(19,20)21)7(15)3-5(4)12(16,17)18/h2-3H,25H2,1H3. The Morgan fingerprint density at radius 2 is 1.43 bits per heavy atom. The van der Waals surface area contributed by atoms with Crippen LogP contribution in [0, 0.1) is 0 Å². The average molecular weight is 484 g/mol. The maximum Gasteiger partial charge on any atom is 0.435 e. The van der Waals surface area contributed by atoms with Gasteiger partial charge in [0.15, 0.2) is 5.69 Å². The summed E-state index contributed by atoms with van der Waals surface area (Å²) in [5.74, 6) is -1.28. The number of halogens is 10. The van der Waals surface area contributed by atoms with E-state index in [1.54, 1.807) is 0 Å². The summed E-state index contributed by atoms with van der Waals surface area (Å²) in [6.07, 6.45) is -15.7. The third-order valence-corrected chi connectivity index (χ3v) is 4.21. The first-order valence-corrected chi connectivity index (χ1v) is 7.67. The van der Waals surface area contributed by atoms with Gasteiger partial charge in [-0.1, -0.05) is 15.9 Å². The molecule has 0 amide bonds. The lowest BCUT2D eigenvalue weighted by atomic mass is 10.0. The van der Waals surface area contributed by atoms with Crippen LogP contribution in [0.5, 0.6) is 0 Å². The zero-order valence-corrected chi connectivity index (χ0v) is 14.9. The van der Waals surface area contributed by atoms with Crippen LogP contribution in [0.3, 0.4) is 0 Å². The summed E-state index contributed by atoms with van der Waals surface area (Å²) < 4.78 is 118. The third kappa shape index (κ3) is 3.95. The molecular formula is C14H7BrF9N3O. The maximum absolute atomic E-state index is 13.3. The molecule has 0 saturated carbocycles. The highest BCUT2D eigenvalue weighted by molar-refractivity contribution is 9.10. The van der Waals surface area contributed by atoms with Crippen molar-refractivity contribution in [2.45, 2.75) is 18.5 Å². The first-order chi connectivity index (χ1) is 12.5. The molecular weight excluding hydrogens is 477 g/mol.